The maximum atomic E-state index is 12.5. The number of nitriles is 1. The molecular weight excluding hydrogens is 404 g/mol. The van der Waals surface area contributed by atoms with Crippen LogP contribution in [0.25, 0.3) is 22.5 Å². The summed E-state index contributed by atoms with van der Waals surface area (Å²) in [5.41, 5.74) is 2.41. The van der Waals surface area contributed by atoms with Crippen molar-refractivity contribution in [1.82, 2.24) is 0 Å². The number of anilines is 1. The van der Waals surface area contributed by atoms with Crippen LogP contribution in [0.1, 0.15) is 37.7 Å². The Morgan fingerprint density at radius 3 is 2.25 bits per heavy atom. The van der Waals surface area contributed by atoms with Crippen molar-refractivity contribution in [1.29, 1.82) is 5.26 Å². The van der Waals surface area contributed by atoms with Gasteiger partial charge in [0.25, 0.3) is 5.91 Å². The molecule has 0 spiro atoms. The molecule has 0 saturated heterocycles. The van der Waals surface area contributed by atoms with Gasteiger partial charge in [-0.05, 0) is 24.3 Å². The molecule has 162 valence electrons. The summed E-state index contributed by atoms with van der Waals surface area (Å²) in [7, 11) is 0. The van der Waals surface area contributed by atoms with E-state index in [9.17, 15) is 14.9 Å². The van der Waals surface area contributed by atoms with E-state index in [1.54, 1.807) is 0 Å². The van der Waals surface area contributed by atoms with Gasteiger partial charge in [-0.25, -0.2) is 0 Å². The van der Waals surface area contributed by atoms with Gasteiger partial charge in [0.05, 0.1) is 0 Å². The second kappa shape index (κ2) is 9.97. The zero-order valence-corrected chi connectivity index (χ0v) is 17.7. The van der Waals surface area contributed by atoms with E-state index in [0.717, 1.165) is 36.8 Å². The normalized spacial score (nSPS) is 13.5. The van der Waals surface area contributed by atoms with Gasteiger partial charge in [0.15, 0.2) is 6.61 Å². The van der Waals surface area contributed by atoms with E-state index in [2.05, 4.69) is 11.4 Å². The third kappa shape index (κ3) is 4.89. The first kappa shape index (κ1) is 21.4. The van der Waals surface area contributed by atoms with E-state index in [0.29, 0.717) is 23.7 Å². The van der Waals surface area contributed by atoms with Gasteiger partial charge in [0, 0.05) is 17.5 Å². The Kier molecular flexibility index (Phi) is 6.66. The van der Waals surface area contributed by atoms with Gasteiger partial charge in [0.1, 0.15) is 17.4 Å². The van der Waals surface area contributed by atoms with E-state index in [-0.39, 0.29) is 17.4 Å². The van der Waals surface area contributed by atoms with E-state index < -0.39 is 12.5 Å². The fourth-order valence-electron chi connectivity index (χ4n) is 4.12. The number of rotatable bonds is 7. The molecule has 4 rings (SSSR count). The minimum Gasteiger partial charge on any atom is -0.456 e. The number of nitrogens with zero attached hydrogens (tertiary/aromatic N) is 1. The summed E-state index contributed by atoms with van der Waals surface area (Å²) in [5, 5.41) is 12.5. The van der Waals surface area contributed by atoms with Crippen LogP contribution in [0, 0.1) is 17.2 Å². The van der Waals surface area contributed by atoms with Crippen LogP contribution in [0.15, 0.2) is 65.1 Å². The Morgan fingerprint density at radius 1 is 1.00 bits per heavy atom. The van der Waals surface area contributed by atoms with Gasteiger partial charge < -0.3 is 9.15 Å². The summed E-state index contributed by atoms with van der Waals surface area (Å²) in [4.78, 5) is 24.5. The van der Waals surface area contributed by atoms with Crippen molar-refractivity contribution in [3.63, 3.8) is 0 Å². The number of esters is 1. The lowest BCUT2D eigenvalue weighted by Gasteiger charge is -2.08. The number of furan rings is 1. The molecule has 32 heavy (non-hydrogen) atoms. The Bertz CT molecular complexity index is 1120. The van der Waals surface area contributed by atoms with Crippen molar-refractivity contribution >= 4 is 17.8 Å². The molecule has 1 fully saturated rings. The standard InChI is InChI=1S/C26H24N2O4/c27-16-21-24(19-11-3-1-4-12-19)25(20-13-5-2-6-14-20)32-26(21)28-22(29)17-31-23(30)15-18-9-7-8-10-18/h1-6,11-14,18H,7-10,15,17H2,(H,28,29). The molecule has 0 aliphatic heterocycles. The van der Waals surface area contributed by atoms with Gasteiger partial charge in [-0.2, -0.15) is 5.26 Å². The average molecular weight is 428 g/mol. The van der Waals surface area contributed by atoms with E-state index in [4.69, 9.17) is 9.15 Å². The van der Waals surface area contributed by atoms with Crippen molar-refractivity contribution in [2.75, 3.05) is 11.9 Å². The first-order valence-electron chi connectivity index (χ1n) is 10.8. The predicted octanol–water partition coefficient (Wildman–Crippen LogP) is 5.55. The van der Waals surface area contributed by atoms with Gasteiger partial charge in [-0.3, -0.25) is 14.9 Å². The molecule has 1 aliphatic rings. The molecule has 1 amide bonds. The molecule has 1 saturated carbocycles. The molecular formula is C26H24N2O4. The molecule has 0 unspecified atom stereocenters. The van der Waals surface area contributed by atoms with Gasteiger partial charge in [0.2, 0.25) is 5.88 Å². The molecule has 1 aliphatic carbocycles. The maximum Gasteiger partial charge on any atom is 0.306 e. The zero-order valence-electron chi connectivity index (χ0n) is 17.7. The Balaban J connectivity index is 1.54. The van der Waals surface area contributed by atoms with E-state index in [1.165, 1.54) is 0 Å². The lowest BCUT2D eigenvalue weighted by molar-refractivity contribution is -0.148. The number of benzene rings is 2. The van der Waals surface area contributed by atoms with Crippen molar-refractivity contribution in [3.8, 4) is 28.5 Å². The Morgan fingerprint density at radius 2 is 1.62 bits per heavy atom. The highest BCUT2D eigenvalue weighted by atomic mass is 16.5. The van der Waals surface area contributed by atoms with Crippen LogP contribution in [0.4, 0.5) is 5.88 Å². The lowest BCUT2D eigenvalue weighted by Crippen LogP contribution is -2.21. The SMILES string of the molecule is N#Cc1c(NC(=O)COC(=O)CC2CCCC2)oc(-c2ccccc2)c1-c1ccccc1. The van der Waals surface area contributed by atoms with Crippen LogP contribution < -0.4 is 5.32 Å². The molecule has 0 bridgehead atoms. The highest BCUT2D eigenvalue weighted by Gasteiger charge is 2.25. The fourth-order valence-corrected chi connectivity index (χ4v) is 4.12. The van der Waals surface area contributed by atoms with Gasteiger partial charge in [-0.15, -0.1) is 0 Å². The van der Waals surface area contributed by atoms with E-state index in [1.807, 2.05) is 60.7 Å². The lowest BCUT2D eigenvalue weighted by atomic mass is 9.98. The Labute approximate surface area is 186 Å². The largest absolute Gasteiger partial charge is 0.456 e. The number of carbonyl (C=O) groups is 2. The summed E-state index contributed by atoms with van der Waals surface area (Å²) in [5.74, 6) is -0.0391. The second-order valence-electron chi connectivity index (χ2n) is 7.92. The number of hydrogen-bond donors (Lipinski definition) is 1. The first-order valence-corrected chi connectivity index (χ1v) is 10.8. The van der Waals surface area contributed by atoms with Crippen LogP contribution in [0.5, 0.6) is 0 Å². The highest BCUT2D eigenvalue weighted by molar-refractivity contribution is 5.96. The zero-order chi connectivity index (χ0) is 22.3. The van der Waals surface area contributed by atoms with Crippen molar-refractivity contribution in [2.24, 2.45) is 5.92 Å². The third-order valence-corrected chi connectivity index (χ3v) is 5.67. The predicted molar refractivity (Wildman–Crippen MR) is 120 cm³/mol. The molecule has 0 atom stereocenters. The van der Waals surface area contributed by atoms with Gasteiger partial charge in [-0.1, -0.05) is 73.5 Å². The molecule has 1 aromatic heterocycles. The second-order valence-corrected chi connectivity index (χ2v) is 7.92. The monoisotopic (exact) mass is 428 g/mol. The summed E-state index contributed by atoms with van der Waals surface area (Å²) in [6, 6.07) is 21.0. The van der Waals surface area contributed by atoms with Crippen LogP contribution in [-0.4, -0.2) is 18.5 Å². The number of amides is 1. The van der Waals surface area contributed by atoms with Crippen molar-refractivity contribution < 1.29 is 18.7 Å². The van der Waals surface area contributed by atoms with Crippen LogP contribution in [0.2, 0.25) is 0 Å². The van der Waals surface area contributed by atoms with E-state index >= 15 is 0 Å². The number of hydrogen-bond acceptors (Lipinski definition) is 5. The van der Waals surface area contributed by atoms with Crippen molar-refractivity contribution in [3.05, 3.63) is 66.2 Å². The number of ether oxygens (including phenoxy) is 1. The molecule has 6 nitrogen and oxygen atoms in total. The third-order valence-electron chi connectivity index (χ3n) is 5.67. The summed E-state index contributed by atoms with van der Waals surface area (Å²) < 4.78 is 11.1. The molecule has 1 N–H and O–H groups in total. The highest BCUT2D eigenvalue weighted by Crippen LogP contribution is 2.41. The molecule has 2 aromatic carbocycles. The van der Waals surface area contributed by atoms with Gasteiger partial charge >= 0.3 is 5.97 Å². The molecule has 0 radical (unpaired) electrons. The smallest absolute Gasteiger partial charge is 0.306 e. The first-order chi connectivity index (χ1) is 15.7. The summed E-state index contributed by atoms with van der Waals surface area (Å²) in [6.45, 7) is -0.418. The van der Waals surface area contributed by atoms with Crippen molar-refractivity contribution in [2.45, 2.75) is 32.1 Å². The number of nitrogens with one attached hydrogen (secondary N) is 1. The maximum absolute atomic E-state index is 12.5. The quantitative estimate of drug-likeness (QED) is 0.498. The minimum atomic E-state index is -0.547. The van der Waals surface area contributed by atoms with Crippen LogP contribution in [-0.2, 0) is 14.3 Å². The topological polar surface area (TPSA) is 92.3 Å². The minimum absolute atomic E-state index is 0.0436. The summed E-state index contributed by atoms with van der Waals surface area (Å²) in [6.07, 6.45) is 4.68. The molecule has 1 heterocycles. The fraction of sp³-hybridized carbons (Fsp3) is 0.269. The summed E-state index contributed by atoms with van der Waals surface area (Å²) >= 11 is 0. The van der Waals surface area contributed by atoms with Crippen LogP contribution in [0.3, 0.4) is 0 Å². The Hall–Kier alpha value is -3.85. The van der Waals surface area contributed by atoms with Crippen LogP contribution >= 0.6 is 0 Å². The average Bonchev–Trinajstić information content (AvgIpc) is 3.46. The molecule has 3 aromatic rings. The molecule has 6 heteroatoms. The number of carbonyl (C=O) groups excluding carboxylic acids is 2.